The summed E-state index contributed by atoms with van der Waals surface area (Å²) in [7, 11) is 0. The smallest absolute Gasteiger partial charge is 0.249 e. The second-order valence-electron chi connectivity index (χ2n) is 3.27. The Balaban J connectivity index is 3.53. The summed E-state index contributed by atoms with van der Waals surface area (Å²) in [6.45, 7) is 5.58. The standard InChI is InChI=1S/C10H14N2O/c1-5-4-8(11)6(2)7(3)9(5)10(12)13/h4H,11H2,1-3H3,(H2,12,13). The van der Waals surface area contributed by atoms with Crippen molar-refractivity contribution in [2.24, 2.45) is 5.73 Å². The van der Waals surface area contributed by atoms with Gasteiger partial charge in [-0.1, -0.05) is 0 Å². The van der Waals surface area contributed by atoms with E-state index in [1.54, 1.807) is 6.07 Å². The summed E-state index contributed by atoms with van der Waals surface area (Å²) in [5, 5.41) is 0. The van der Waals surface area contributed by atoms with E-state index in [9.17, 15) is 4.79 Å². The minimum atomic E-state index is -0.391. The first-order valence-corrected chi connectivity index (χ1v) is 4.11. The molecule has 0 saturated carbocycles. The number of nitrogens with two attached hydrogens (primary N) is 2. The van der Waals surface area contributed by atoms with Crippen molar-refractivity contribution in [1.82, 2.24) is 0 Å². The first kappa shape index (κ1) is 9.58. The van der Waals surface area contributed by atoms with E-state index in [0.29, 0.717) is 11.3 Å². The third-order valence-electron chi connectivity index (χ3n) is 2.38. The molecule has 0 bridgehead atoms. The highest BCUT2D eigenvalue weighted by Gasteiger charge is 2.12. The van der Waals surface area contributed by atoms with Crippen LogP contribution >= 0.6 is 0 Å². The molecular weight excluding hydrogens is 164 g/mol. The third kappa shape index (κ3) is 1.49. The Kier molecular flexibility index (Phi) is 2.28. The Morgan fingerprint density at radius 3 is 2.23 bits per heavy atom. The number of aryl methyl sites for hydroxylation is 1. The number of primary amides is 1. The largest absolute Gasteiger partial charge is 0.398 e. The lowest BCUT2D eigenvalue weighted by molar-refractivity contribution is 0.0999. The molecule has 0 fully saturated rings. The molecule has 0 heterocycles. The lowest BCUT2D eigenvalue weighted by atomic mass is 9.96. The predicted octanol–water partition coefficient (Wildman–Crippen LogP) is 1.29. The van der Waals surface area contributed by atoms with E-state index in [0.717, 1.165) is 16.7 Å². The third-order valence-corrected chi connectivity index (χ3v) is 2.38. The molecule has 0 spiro atoms. The quantitative estimate of drug-likeness (QED) is 0.636. The second kappa shape index (κ2) is 3.09. The molecule has 0 unspecified atom stereocenters. The van der Waals surface area contributed by atoms with Gasteiger partial charge < -0.3 is 11.5 Å². The van der Waals surface area contributed by atoms with E-state index in [-0.39, 0.29) is 0 Å². The molecule has 0 aliphatic carbocycles. The van der Waals surface area contributed by atoms with E-state index in [1.165, 1.54) is 0 Å². The number of rotatable bonds is 1. The summed E-state index contributed by atoms with van der Waals surface area (Å²) in [5.41, 5.74) is 14.9. The average Bonchev–Trinajstić information content (AvgIpc) is 1.99. The van der Waals surface area contributed by atoms with E-state index >= 15 is 0 Å². The van der Waals surface area contributed by atoms with Gasteiger partial charge in [-0.15, -0.1) is 0 Å². The van der Waals surface area contributed by atoms with Crippen LogP contribution in [0.1, 0.15) is 27.0 Å². The Morgan fingerprint density at radius 2 is 1.77 bits per heavy atom. The number of amides is 1. The van der Waals surface area contributed by atoms with Crippen LogP contribution in [-0.2, 0) is 0 Å². The van der Waals surface area contributed by atoms with Gasteiger partial charge in [-0.2, -0.15) is 0 Å². The number of hydrogen-bond donors (Lipinski definition) is 2. The van der Waals surface area contributed by atoms with E-state index in [1.807, 2.05) is 20.8 Å². The minimum Gasteiger partial charge on any atom is -0.398 e. The Labute approximate surface area is 77.7 Å². The molecule has 1 aromatic carbocycles. The summed E-state index contributed by atoms with van der Waals surface area (Å²) in [4.78, 5) is 11.1. The van der Waals surface area contributed by atoms with Crippen LogP contribution in [0.15, 0.2) is 6.07 Å². The van der Waals surface area contributed by atoms with Crippen LogP contribution in [0.5, 0.6) is 0 Å². The summed E-state index contributed by atoms with van der Waals surface area (Å²) in [6, 6.07) is 1.78. The number of benzene rings is 1. The van der Waals surface area contributed by atoms with Gasteiger partial charge in [-0.25, -0.2) is 0 Å². The fraction of sp³-hybridized carbons (Fsp3) is 0.300. The highest BCUT2D eigenvalue weighted by Crippen LogP contribution is 2.22. The number of anilines is 1. The van der Waals surface area contributed by atoms with Crippen molar-refractivity contribution in [2.45, 2.75) is 20.8 Å². The van der Waals surface area contributed by atoms with Crippen molar-refractivity contribution >= 4 is 11.6 Å². The van der Waals surface area contributed by atoms with Gasteiger partial charge >= 0.3 is 0 Å². The molecule has 1 amide bonds. The summed E-state index contributed by atoms with van der Waals surface area (Å²) < 4.78 is 0. The molecule has 0 atom stereocenters. The maximum Gasteiger partial charge on any atom is 0.249 e. The van der Waals surface area contributed by atoms with Crippen molar-refractivity contribution in [2.75, 3.05) is 5.73 Å². The number of nitrogen functional groups attached to an aromatic ring is 1. The lowest BCUT2D eigenvalue weighted by Gasteiger charge is -2.11. The van der Waals surface area contributed by atoms with Crippen LogP contribution in [0, 0.1) is 20.8 Å². The molecule has 3 heteroatoms. The molecule has 0 radical (unpaired) electrons. The molecule has 4 N–H and O–H groups in total. The molecule has 70 valence electrons. The van der Waals surface area contributed by atoms with Gasteiger partial charge in [-0.3, -0.25) is 4.79 Å². The number of hydrogen-bond acceptors (Lipinski definition) is 2. The van der Waals surface area contributed by atoms with Crippen LogP contribution in [0.25, 0.3) is 0 Å². The van der Waals surface area contributed by atoms with Gasteiger partial charge in [0.2, 0.25) is 5.91 Å². The second-order valence-corrected chi connectivity index (χ2v) is 3.27. The normalized spacial score (nSPS) is 10.1. The van der Waals surface area contributed by atoms with Crippen molar-refractivity contribution < 1.29 is 4.79 Å². The van der Waals surface area contributed by atoms with Crippen molar-refractivity contribution in [3.63, 3.8) is 0 Å². The molecule has 13 heavy (non-hydrogen) atoms. The SMILES string of the molecule is Cc1cc(N)c(C)c(C)c1C(N)=O. The summed E-state index contributed by atoms with van der Waals surface area (Å²) in [6.07, 6.45) is 0. The average molecular weight is 178 g/mol. The fourth-order valence-electron chi connectivity index (χ4n) is 1.49. The van der Waals surface area contributed by atoms with Crippen molar-refractivity contribution in [3.8, 4) is 0 Å². The van der Waals surface area contributed by atoms with Gasteiger partial charge in [0.05, 0.1) is 0 Å². The van der Waals surface area contributed by atoms with Gasteiger partial charge in [0.1, 0.15) is 0 Å². The zero-order valence-corrected chi connectivity index (χ0v) is 8.14. The minimum absolute atomic E-state index is 0.391. The van der Waals surface area contributed by atoms with Crippen LogP contribution in [-0.4, -0.2) is 5.91 Å². The van der Waals surface area contributed by atoms with Gasteiger partial charge in [0, 0.05) is 11.3 Å². The molecule has 0 saturated heterocycles. The monoisotopic (exact) mass is 178 g/mol. The topological polar surface area (TPSA) is 69.1 Å². The fourth-order valence-corrected chi connectivity index (χ4v) is 1.49. The molecule has 0 aliphatic heterocycles. The van der Waals surface area contributed by atoms with Crippen LogP contribution in [0.3, 0.4) is 0 Å². The maximum atomic E-state index is 11.1. The molecule has 1 rings (SSSR count). The van der Waals surface area contributed by atoms with Gasteiger partial charge in [-0.05, 0) is 43.5 Å². The molecule has 1 aromatic rings. The van der Waals surface area contributed by atoms with Crippen molar-refractivity contribution in [1.29, 1.82) is 0 Å². The number of carbonyl (C=O) groups excluding carboxylic acids is 1. The van der Waals surface area contributed by atoms with Crippen molar-refractivity contribution in [3.05, 3.63) is 28.3 Å². The van der Waals surface area contributed by atoms with E-state index in [2.05, 4.69) is 0 Å². The maximum absolute atomic E-state index is 11.1. The molecule has 0 aliphatic rings. The van der Waals surface area contributed by atoms with Crippen LogP contribution < -0.4 is 11.5 Å². The van der Waals surface area contributed by atoms with Crippen LogP contribution in [0.2, 0.25) is 0 Å². The lowest BCUT2D eigenvalue weighted by Crippen LogP contribution is -2.15. The highest BCUT2D eigenvalue weighted by molar-refractivity contribution is 5.96. The molecule has 3 nitrogen and oxygen atoms in total. The van der Waals surface area contributed by atoms with Crippen LogP contribution in [0.4, 0.5) is 5.69 Å². The number of carbonyl (C=O) groups is 1. The zero-order chi connectivity index (χ0) is 10.2. The van der Waals surface area contributed by atoms with E-state index < -0.39 is 5.91 Å². The summed E-state index contributed by atoms with van der Waals surface area (Å²) in [5.74, 6) is -0.391. The molecule has 0 aromatic heterocycles. The van der Waals surface area contributed by atoms with Gasteiger partial charge in [0.25, 0.3) is 0 Å². The molecular formula is C10H14N2O. The highest BCUT2D eigenvalue weighted by atomic mass is 16.1. The summed E-state index contributed by atoms with van der Waals surface area (Å²) >= 11 is 0. The Bertz CT molecular complexity index is 370. The van der Waals surface area contributed by atoms with E-state index in [4.69, 9.17) is 11.5 Å². The Morgan fingerprint density at radius 1 is 1.23 bits per heavy atom. The zero-order valence-electron chi connectivity index (χ0n) is 8.14. The first-order chi connectivity index (χ1) is 5.95. The Hall–Kier alpha value is -1.51. The first-order valence-electron chi connectivity index (χ1n) is 4.11. The predicted molar refractivity (Wildman–Crippen MR) is 53.6 cm³/mol. The van der Waals surface area contributed by atoms with Gasteiger partial charge in [0.15, 0.2) is 0 Å².